The summed E-state index contributed by atoms with van der Waals surface area (Å²) in [6.07, 6.45) is 0.590. The molecule has 1 unspecified atom stereocenters. The predicted molar refractivity (Wildman–Crippen MR) is 86.6 cm³/mol. The van der Waals surface area contributed by atoms with Gasteiger partial charge in [-0.2, -0.15) is 0 Å². The van der Waals surface area contributed by atoms with Crippen LogP contribution in [0.1, 0.15) is 21.5 Å². The summed E-state index contributed by atoms with van der Waals surface area (Å²) in [6.45, 7) is 0. The van der Waals surface area contributed by atoms with Crippen LogP contribution in [-0.2, 0) is 17.6 Å². The van der Waals surface area contributed by atoms with E-state index in [9.17, 15) is 9.59 Å². The molecule has 0 saturated carbocycles. The summed E-state index contributed by atoms with van der Waals surface area (Å²) in [5.41, 5.74) is 2.00. The van der Waals surface area contributed by atoms with Crippen molar-refractivity contribution in [2.75, 3.05) is 0 Å². The molecule has 0 saturated heterocycles. The molecule has 0 spiro atoms. The topological polar surface area (TPSA) is 46.2 Å². The molecular weight excluding hydrogens is 321 g/mol. The minimum absolute atomic E-state index is 0.0330. The molecule has 1 aliphatic heterocycles. The van der Waals surface area contributed by atoms with Gasteiger partial charge in [-0.15, -0.1) is 0 Å². The summed E-state index contributed by atoms with van der Waals surface area (Å²) in [5.74, 6) is -0.310. The fourth-order valence-corrected chi connectivity index (χ4v) is 2.98. The molecule has 0 aliphatic carbocycles. The van der Waals surface area contributed by atoms with Crippen LogP contribution in [0.25, 0.3) is 0 Å². The lowest BCUT2D eigenvalue weighted by Crippen LogP contribution is -2.40. The Labute approximate surface area is 138 Å². The molecule has 0 fully saturated rings. The quantitative estimate of drug-likeness (QED) is 0.914. The Kier molecular flexibility index (Phi) is 4.19. The van der Waals surface area contributed by atoms with Crippen LogP contribution in [0.3, 0.4) is 0 Å². The zero-order valence-corrected chi connectivity index (χ0v) is 13.1. The Hall–Kier alpha value is -1.84. The normalized spacial score (nSPS) is 17.6. The molecule has 1 atom stereocenters. The van der Waals surface area contributed by atoms with Crippen molar-refractivity contribution >= 4 is 34.9 Å². The van der Waals surface area contributed by atoms with E-state index in [4.69, 9.17) is 23.2 Å². The lowest BCUT2D eigenvalue weighted by Gasteiger charge is -2.15. The third-order valence-electron chi connectivity index (χ3n) is 3.76. The van der Waals surface area contributed by atoms with Crippen LogP contribution in [0, 0.1) is 0 Å². The Bertz CT molecular complexity index is 758. The van der Waals surface area contributed by atoms with Crippen molar-refractivity contribution in [1.29, 1.82) is 0 Å². The second-order valence-corrected chi connectivity index (χ2v) is 6.11. The highest BCUT2D eigenvalue weighted by Gasteiger charge is 2.28. The number of Topliss-reactive ketones (excluding diaryl/α,β-unsaturated/α-hetero) is 1. The molecule has 0 aromatic heterocycles. The maximum atomic E-state index is 12.4. The van der Waals surface area contributed by atoms with Crippen LogP contribution >= 0.6 is 23.2 Å². The first-order valence-electron chi connectivity index (χ1n) is 6.90. The monoisotopic (exact) mass is 333 g/mol. The molecule has 5 heteroatoms. The Balaban J connectivity index is 1.89. The van der Waals surface area contributed by atoms with Crippen LogP contribution < -0.4 is 5.32 Å². The zero-order chi connectivity index (χ0) is 15.7. The minimum atomic E-state index is -0.585. The summed E-state index contributed by atoms with van der Waals surface area (Å²) in [4.78, 5) is 24.8. The summed E-state index contributed by atoms with van der Waals surface area (Å²) in [5, 5.41) is 3.85. The lowest BCUT2D eigenvalue weighted by molar-refractivity contribution is -0.120. The van der Waals surface area contributed by atoms with E-state index >= 15 is 0 Å². The molecular formula is C17H13Cl2NO2. The fourth-order valence-electron chi connectivity index (χ4n) is 2.59. The van der Waals surface area contributed by atoms with Crippen LogP contribution in [-0.4, -0.2) is 17.7 Å². The number of amides is 1. The van der Waals surface area contributed by atoms with Gasteiger partial charge in [0.2, 0.25) is 0 Å². The first kappa shape index (κ1) is 15.1. The van der Waals surface area contributed by atoms with Crippen molar-refractivity contribution in [3.05, 3.63) is 69.2 Å². The Morgan fingerprint density at radius 2 is 1.86 bits per heavy atom. The summed E-state index contributed by atoms with van der Waals surface area (Å²) >= 11 is 12.1. The number of fused-ring (bicyclic) bond motifs is 1. The lowest BCUT2D eigenvalue weighted by atomic mass is 9.98. The molecule has 22 heavy (non-hydrogen) atoms. The number of hydrogen-bond acceptors (Lipinski definition) is 2. The first-order chi connectivity index (χ1) is 10.5. The van der Waals surface area contributed by atoms with Gasteiger partial charge in [-0.3, -0.25) is 9.59 Å². The van der Waals surface area contributed by atoms with E-state index in [0.717, 1.165) is 5.56 Å². The number of carbonyl (C=O) groups excluding carboxylic acids is 2. The highest BCUT2D eigenvalue weighted by atomic mass is 35.5. The number of carbonyl (C=O) groups is 2. The Morgan fingerprint density at radius 3 is 2.64 bits per heavy atom. The maximum Gasteiger partial charge on any atom is 0.252 e. The second kappa shape index (κ2) is 6.11. The fraction of sp³-hybridized carbons (Fsp3) is 0.176. The third kappa shape index (κ3) is 3.01. The molecule has 3 nitrogen and oxygen atoms in total. The minimum Gasteiger partial charge on any atom is -0.342 e. The van der Waals surface area contributed by atoms with Crippen LogP contribution in [0.4, 0.5) is 0 Å². The molecule has 2 aromatic rings. The van der Waals surface area contributed by atoms with E-state index in [1.165, 1.54) is 0 Å². The molecule has 0 bridgehead atoms. The second-order valence-electron chi connectivity index (χ2n) is 5.27. The van der Waals surface area contributed by atoms with E-state index in [0.29, 0.717) is 27.6 Å². The maximum absolute atomic E-state index is 12.4. The first-order valence-corrected chi connectivity index (χ1v) is 7.65. The predicted octanol–water partition coefficient (Wildman–Crippen LogP) is 3.46. The van der Waals surface area contributed by atoms with E-state index in [2.05, 4.69) is 5.32 Å². The zero-order valence-electron chi connectivity index (χ0n) is 11.6. The number of ketones is 1. The van der Waals surface area contributed by atoms with Gasteiger partial charge in [0.05, 0.1) is 6.04 Å². The molecule has 1 aliphatic rings. The third-order valence-corrected chi connectivity index (χ3v) is 4.36. The van der Waals surface area contributed by atoms with Crippen molar-refractivity contribution in [3.63, 3.8) is 0 Å². The number of hydrogen-bond donors (Lipinski definition) is 1. The molecule has 1 amide bonds. The smallest absolute Gasteiger partial charge is 0.252 e. The molecule has 0 radical (unpaired) electrons. The van der Waals surface area contributed by atoms with Crippen molar-refractivity contribution in [3.8, 4) is 0 Å². The van der Waals surface area contributed by atoms with Gasteiger partial charge in [0.1, 0.15) is 0 Å². The summed E-state index contributed by atoms with van der Waals surface area (Å²) < 4.78 is 0. The van der Waals surface area contributed by atoms with E-state index in [-0.39, 0.29) is 18.1 Å². The van der Waals surface area contributed by atoms with Gasteiger partial charge in [0.15, 0.2) is 5.78 Å². The number of benzene rings is 2. The van der Waals surface area contributed by atoms with Crippen LogP contribution in [0.5, 0.6) is 0 Å². The van der Waals surface area contributed by atoms with Crippen molar-refractivity contribution < 1.29 is 9.59 Å². The summed E-state index contributed by atoms with van der Waals surface area (Å²) in [6, 6.07) is 11.7. The van der Waals surface area contributed by atoms with Gasteiger partial charge in [-0.1, -0.05) is 47.5 Å². The van der Waals surface area contributed by atoms with Gasteiger partial charge in [-0.25, -0.2) is 0 Å². The molecule has 1 N–H and O–H groups in total. The van der Waals surface area contributed by atoms with Gasteiger partial charge in [0.25, 0.3) is 5.91 Å². The standard InChI is InChI=1S/C17H13Cl2NO2/c18-12-6-5-10-8-16(21)15(20-17(22)13(10)9-12)7-11-3-1-2-4-14(11)19/h1-6,9,15H,7-8H2,(H,20,22). The van der Waals surface area contributed by atoms with Gasteiger partial charge in [-0.05, 0) is 29.3 Å². The highest BCUT2D eigenvalue weighted by Crippen LogP contribution is 2.22. The molecule has 3 rings (SSSR count). The van der Waals surface area contributed by atoms with Crippen molar-refractivity contribution in [1.82, 2.24) is 5.32 Å². The van der Waals surface area contributed by atoms with Gasteiger partial charge < -0.3 is 5.32 Å². The average molecular weight is 334 g/mol. The van der Waals surface area contributed by atoms with Crippen LogP contribution in [0.15, 0.2) is 42.5 Å². The molecule has 112 valence electrons. The Morgan fingerprint density at radius 1 is 1.09 bits per heavy atom. The van der Waals surface area contributed by atoms with Crippen molar-refractivity contribution in [2.45, 2.75) is 18.9 Å². The van der Waals surface area contributed by atoms with Crippen molar-refractivity contribution in [2.24, 2.45) is 0 Å². The van der Waals surface area contributed by atoms with Gasteiger partial charge >= 0.3 is 0 Å². The molecule has 1 heterocycles. The average Bonchev–Trinajstić information content (AvgIpc) is 2.60. The number of rotatable bonds is 2. The SMILES string of the molecule is O=C1NC(Cc2ccccc2Cl)C(=O)Cc2ccc(Cl)cc21. The number of nitrogens with one attached hydrogen (secondary N) is 1. The van der Waals surface area contributed by atoms with Crippen LogP contribution in [0.2, 0.25) is 10.0 Å². The largest absolute Gasteiger partial charge is 0.342 e. The summed E-state index contributed by atoms with van der Waals surface area (Å²) in [7, 11) is 0. The highest BCUT2D eigenvalue weighted by molar-refractivity contribution is 6.31. The van der Waals surface area contributed by atoms with E-state index < -0.39 is 6.04 Å². The van der Waals surface area contributed by atoms with Gasteiger partial charge in [0, 0.05) is 28.5 Å². The van der Waals surface area contributed by atoms with E-state index in [1.807, 2.05) is 18.2 Å². The number of halogens is 2. The van der Waals surface area contributed by atoms with E-state index in [1.54, 1.807) is 24.3 Å². The molecule has 2 aromatic carbocycles.